The van der Waals surface area contributed by atoms with Crippen LogP contribution in [0.5, 0.6) is 0 Å². The Hall–Kier alpha value is -1.10. The molecule has 4 fully saturated rings. The molecule has 4 aliphatic rings. The third-order valence-electron chi connectivity index (χ3n) is 6.34. The number of esters is 2. The highest BCUT2D eigenvalue weighted by atomic mass is 16.7. The highest BCUT2D eigenvalue weighted by Gasteiger charge is 2.61. The Balaban J connectivity index is 1.74. The lowest BCUT2D eigenvalue weighted by molar-refractivity contribution is -0.207. The normalized spacial score (nSPS) is 37.6. The second-order valence-corrected chi connectivity index (χ2v) is 9.78. The van der Waals surface area contributed by atoms with E-state index in [1.165, 1.54) is 6.42 Å². The van der Waals surface area contributed by atoms with Crippen molar-refractivity contribution < 1.29 is 23.8 Å². The van der Waals surface area contributed by atoms with Crippen LogP contribution in [0.15, 0.2) is 0 Å². The van der Waals surface area contributed by atoms with Crippen molar-refractivity contribution in [2.24, 2.45) is 28.1 Å². The van der Waals surface area contributed by atoms with Gasteiger partial charge in [0.15, 0.2) is 6.29 Å². The molecule has 5 heteroatoms. The van der Waals surface area contributed by atoms with Crippen LogP contribution in [0.1, 0.15) is 66.2 Å². The third-order valence-corrected chi connectivity index (χ3v) is 6.34. The minimum absolute atomic E-state index is 0.0552. The lowest BCUT2D eigenvalue weighted by Gasteiger charge is -2.60. The largest absolute Gasteiger partial charge is 0.465 e. The van der Waals surface area contributed by atoms with E-state index >= 15 is 0 Å². The van der Waals surface area contributed by atoms with Crippen molar-refractivity contribution >= 4 is 11.9 Å². The van der Waals surface area contributed by atoms with Gasteiger partial charge in [0.05, 0.1) is 17.4 Å². The molecule has 0 amide bonds. The molecule has 25 heavy (non-hydrogen) atoms. The number of hydrogen-bond donors (Lipinski definition) is 0. The van der Waals surface area contributed by atoms with Gasteiger partial charge in [0.2, 0.25) is 0 Å². The topological polar surface area (TPSA) is 61.8 Å². The van der Waals surface area contributed by atoms with Crippen molar-refractivity contribution in [3.05, 3.63) is 0 Å². The second-order valence-electron chi connectivity index (χ2n) is 9.78. The van der Waals surface area contributed by atoms with Gasteiger partial charge < -0.3 is 14.2 Å². The summed E-state index contributed by atoms with van der Waals surface area (Å²) in [5, 5.41) is 0. The first-order chi connectivity index (χ1) is 11.6. The molecule has 0 heterocycles. The van der Waals surface area contributed by atoms with E-state index in [9.17, 15) is 9.59 Å². The summed E-state index contributed by atoms with van der Waals surface area (Å²) in [5.74, 6) is 0.801. The summed E-state index contributed by atoms with van der Waals surface area (Å²) in [6.45, 7) is 7.81. The highest BCUT2D eigenvalue weighted by Crippen LogP contribution is 2.65. The maximum atomic E-state index is 12.9. The number of carbonyl (C=O) groups excluding carboxylic acids is 2. The van der Waals surface area contributed by atoms with Gasteiger partial charge in [-0.1, -0.05) is 0 Å². The predicted molar refractivity (Wildman–Crippen MR) is 92.5 cm³/mol. The first-order valence-electron chi connectivity index (χ1n) is 9.49. The SMILES string of the molecule is COC(C)OC(=O)C12CC3CC(CC(COC(=O)C(C)(C)C)(C3)C1)C2. The summed E-state index contributed by atoms with van der Waals surface area (Å²) < 4.78 is 16.4. The lowest BCUT2D eigenvalue weighted by atomic mass is 9.44. The van der Waals surface area contributed by atoms with Crippen molar-refractivity contribution in [1.29, 1.82) is 0 Å². The molecule has 3 atom stereocenters. The van der Waals surface area contributed by atoms with Crippen molar-refractivity contribution in [1.82, 2.24) is 0 Å². The van der Waals surface area contributed by atoms with Gasteiger partial charge in [0.25, 0.3) is 0 Å². The number of rotatable bonds is 5. The molecule has 142 valence electrons. The molecule has 0 aromatic heterocycles. The predicted octanol–water partition coefficient (Wildman–Crippen LogP) is 3.70. The summed E-state index contributed by atoms with van der Waals surface area (Å²) in [6, 6.07) is 0. The van der Waals surface area contributed by atoms with Gasteiger partial charge in [-0.05, 0) is 78.1 Å². The zero-order chi connectivity index (χ0) is 18.5. The van der Waals surface area contributed by atoms with Crippen molar-refractivity contribution in [2.45, 2.75) is 72.5 Å². The Kier molecular flexibility index (Phi) is 4.68. The maximum absolute atomic E-state index is 12.9. The summed E-state index contributed by atoms with van der Waals surface area (Å²) in [4.78, 5) is 25.1. The van der Waals surface area contributed by atoms with E-state index in [-0.39, 0.29) is 17.4 Å². The van der Waals surface area contributed by atoms with Gasteiger partial charge in [-0.15, -0.1) is 0 Å². The monoisotopic (exact) mass is 352 g/mol. The minimum atomic E-state index is -0.518. The van der Waals surface area contributed by atoms with Crippen molar-refractivity contribution in [3.63, 3.8) is 0 Å². The zero-order valence-corrected chi connectivity index (χ0v) is 16.2. The van der Waals surface area contributed by atoms with E-state index < -0.39 is 17.1 Å². The molecular weight excluding hydrogens is 320 g/mol. The molecular formula is C20H32O5. The Bertz CT molecular complexity index is 533. The fraction of sp³-hybridized carbons (Fsp3) is 0.900. The molecule has 3 unspecified atom stereocenters. The van der Waals surface area contributed by atoms with E-state index in [0.717, 1.165) is 32.1 Å². The molecule has 0 saturated heterocycles. The summed E-state index contributed by atoms with van der Waals surface area (Å²) in [6.07, 6.45) is 5.41. The van der Waals surface area contributed by atoms with Crippen LogP contribution >= 0.6 is 0 Å². The van der Waals surface area contributed by atoms with Crippen LogP contribution in [0, 0.1) is 28.1 Å². The average Bonchev–Trinajstić information content (AvgIpc) is 2.50. The standard InChI is InChI=1S/C20H32O5/c1-13(23-5)25-17(22)20-9-14-6-15(10-20)8-19(7-14,11-20)12-24-16(21)18(2,3)4/h13-15H,6-12H2,1-5H3. The van der Waals surface area contributed by atoms with E-state index in [4.69, 9.17) is 14.2 Å². The molecule has 4 rings (SSSR count). The smallest absolute Gasteiger partial charge is 0.314 e. The van der Waals surface area contributed by atoms with Crippen LogP contribution in [0.3, 0.4) is 0 Å². The van der Waals surface area contributed by atoms with Gasteiger partial charge in [0, 0.05) is 12.5 Å². The number of ether oxygens (including phenoxy) is 3. The quantitative estimate of drug-likeness (QED) is 0.558. The molecule has 4 aliphatic carbocycles. The van der Waals surface area contributed by atoms with Crippen LogP contribution in [-0.2, 0) is 23.8 Å². The van der Waals surface area contributed by atoms with Gasteiger partial charge in [-0.2, -0.15) is 0 Å². The molecule has 0 spiro atoms. The van der Waals surface area contributed by atoms with Gasteiger partial charge in [-0.3, -0.25) is 9.59 Å². The van der Waals surface area contributed by atoms with Gasteiger partial charge in [0.1, 0.15) is 0 Å². The Morgan fingerprint density at radius 3 is 2.24 bits per heavy atom. The van der Waals surface area contributed by atoms with E-state index in [0.29, 0.717) is 18.4 Å². The van der Waals surface area contributed by atoms with Crippen LogP contribution in [0.2, 0.25) is 0 Å². The fourth-order valence-corrected chi connectivity index (χ4v) is 5.62. The van der Waals surface area contributed by atoms with Gasteiger partial charge >= 0.3 is 11.9 Å². The second kappa shape index (κ2) is 6.26. The van der Waals surface area contributed by atoms with Crippen LogP contribution in [0.25, 0.3) is 0 Å². The summed E-state index contributed by atoms with van der Waals surface area (Å²) >= 11 is 0. The van der Waals surface area contributed by atoms with Crippen LogP contribution < -0.4 is 0 Å². The molecule has 0 radical (unpaired) electrons. The number of carbonyl (C=O) groups is 2. The number of methoxy groups -OCH3 is 1. The maximum Gasteiger partial charge on any atom is 0.314 e. The fourth-order valence-electron chi connectivity index (χ4n) is 5.62. The Morgan fingerprint density at radius 1 is 1.12 bits per heavy atom. The van der Waals surface area contributed by atoms with E-state index in [1.54, 1.807) is 14.0 Å². The molecule has 5 nitrogen and oxygen atoms in total. The Morgan fingerprint density at radius 2 is 1.72 bits per heavy atom. The minimum Gasteiger partial charge on any atom is -0.465 e. The van der Waals surface area contributed by atoms with Crippen LogP contribution in [-0.4, -0.2) is 31.9 Å². The van der Waals surface area contributed by atoms with Crippen molar-refractivity contribution in [2.75, 3.05) is 13.7 Å². The molecule has 0 aliphatic heterocycles. The molecule has 4 bridgehead atoms. The molecule has 0 N–H and O–H groups in total. The van der Waals surface area contributed by atoms with E-state index in [2.05, 4.69) is 0 Å². The summed E-state index contributed by atoms with van der Waals surface area (Å²) in [5.41, 5.74) is -0.960. The average molecular weight is 352 g/mol. The Labute approximate surface area is 150 Å². The third kappa shape index (κ3) is 3.57. The zero-order valence-electron chi connectivity index (χ0n) is 16.2. The highest BCUT2D eigenvalue weighted by molar-refractivity contribution is 5.78. The van der Waals surface area contributed by atoms with E-state index in [1.807, 2.05) is 20.8 Å². The molecule has 0 aromatic rings. The first-order valence-corrected chi connectivity index (χ1v) is 9.49. The molecule has 0 aromatic carbocycles. The first kappa shape index (κ1) is 18.7. The molecule has 4 saturated carbocycles. The summed E-state index contributed by atoms with van der Waals surface area (Å²) in [7, 11) is 1.55. The van der Waals surface area contributed by atoms with Crippen LogP contribution in [0.4, 0.5) is 0 Å². The lowest BCUT2D eigenvalue weighted by Crippen LogP contribution is -2.57. The van der Waals surface area contributed by atoms with Crippen molar-refractivity contribution in [3.8, 4) is 0 Å². The van der Waals surface area contributed by atoms with Gasteiger partial charge in [-0.25, -0.2) is 0 Å². The number of hydrogen-bond acceptors (Lipinski definition) is 5.